The molecule has 33 heavy (non-hydrogen) atoms. The lowest BCUT2D eigenvalue weighted by Crippen LogP contribution is -2.11. The fourth-order valence-corrected chi connectivity index (χ4v) is 5.59. The smallest absolute Gasteiger partial charge is 0.213 e. The molecule has 0 saturated carbocycles. The molecule has 0 amide bonds. The molecule has 0 unspecified atom stereocenters. The molecule has 0 fully saturated rings. The zero-order chi connectivity index (χ0) is 22.7. The number of para-hydroxylation sites is 2. The average molecular weight is 452 g/mol. The van der Waals surface area contributed by atoms with Gasteiger partial charge >= 0.3 is 0 Å². The minimum atomic E-state index is -0.459. The second-order valence-corrected chi connectivity index (χ2v) is 10.4. The van der Waals surface area contributed by atoms with Gasteiger partial charge in [-0.2, -0.15) is 4.39 Å². The number of thiophene rings is 1. The van der Waals surface area contributed by atoms with Crippen LogP contribution in [0.1, 0.15) is 26.3 Å². The zero-order valence-electron chi connectivity index (χ0n) is 18.6. The number of fused-ring (bicyclic) bond motifs is 4. The molecule has 0 radical (unpaired) electrons. The summed E-state index contributed by atoms with van der Waals surface area (Å²) in [6, 6.07) is 24.6. The molecular formula is C28H22FN3S. The normalized spacial score (nSPS) is 12.2. The van der Waals surface area contributed by atoms with Gasteiger partial charge in [-0.3, -0.25) is 4.57 Å². The minimum absolute atomic E-state index is 0.0876. The summed E-state index contributed by atoms with van der Waals surface area (Å²) in [5, 5.41) is 1.91. The SMILES string of the molecule is CC(C)(C)c1ccc(-n2c(-c3cccc4c3sc3cnc(F)cc34)nc3ccccc32)cc1. The monoisotopic (exact) mass is 451 g/mol. The summed E-state index contributed by atoms with van der Waals surface area (Å²) in [5.41, 5.74) is 5.48. The standard InChI is InChI=1S/C28H22FN3S/c1-28(2,3)17-11-13-18(14-12-17)32-23-10-5-4-9-22(23)31-27(32)20-8-6-7-19-21-15-25(29)30-16-24(21)33-26(19)20/h4-16H,1-3H3. The van der Waals surface area contributed by atoms with Gasteiger partial charge in [-0.1, -0.05) is 57.2 Å². The Morgan fingerprint density at radius 1 is 0.879 bits per heavy atom. The maximum absolute atomic E-state index is 13.9. The van der Waals surface area contributed by atoms with Crippen molar-refractivity contribution in [3.63, 3.8) is 0 Å². The van der Waals surface area contributed by atoms with Gasteiger partial charge in [-0.15, -0.1) is 11.3 Å². The van der Waals surface area contributed by atoms with Crippen molar-refractivity contribution < 1.29 is 4.39 Å². The summed E-state index contributed by atoms with van der Waals surface area (Å²) in [4.78, 5) is 8.90. The summed E-state index contributed by atoms with van der Waals surface area (Å²) < 4.78 is 18.2. The summed E-state index contributed by atoms with van der Waals surface area (Å²) in [5.74, 6) is 0.420. The third-order valence-electron chi connectivity index (χ3n) is 6.14. The Kier molecular flexibility index (Phi) is 4.39. The van der Waals surface area contributed by atoms with E-state index in [0.29, 0.717) is 0 Å². The molecule has 0 N–H and O–H groups in total. The first-order chi connectivity index (χ1) is 15.9. The number of halogens is 1. The molecule has 0 aliphatic heterocycles. The summed E-state index contributed by atoms with van der Waals surface area (Å²) in [7, 11) is 0. The molecule has 6 rings (SSSR count). The van der Waals surface area contributed by atoms with Crippen molar-refractivity contribution in [2.24, 2.45) is 0 Å². The Morgan fingerprint density at radius 2 is 1.67 bits per heavy atom. The third kappa shape index (κ3) is 3.23. The molecule has 0 spiro atoms. The van der Waals surface area contributed by atoms with Gasteiger partial charge in [-0.05, 0) is 41.3 Å². The van der Waals surface area contributed by atoms with E-state index < -0.39 is 5.95 Å². The molecule has 0 aliphatic carbocycles. The van der Waals surface area contributed by atoms with Crippen LogP contribution in [0.5, 0.6) is 0 Å². The van der Waals surface area contributed by atoms with Crippen LogP contribution in [0.25, 0.3) is 48.3 Å². The highest BCUT2D eigenvalue weighted by molar-refractivity contribution is 7.26. The highest BCUT2D eigenvalue weighted by Crippen LogP contribution is 2.41. The molecular weight excluding hydrogens is 429 g/mol. The lowest BCUT2D eigenvalue weighted by molar-refractivity contribution is 0.586. The van der Waals surface area contributed by atoms with Crippen LogP contribution in [0.15, 0.2) is 79.0 Å². The minimum Gasteiger partial charge on any atom is -0.292 e. The van der Waals surface area contributed by atoms with E-state index in [4.69, 9.17) is 4.98 Å². The van der Waals surface area contributed by atoms with E-state index in [0.717, 1.165) is 48.3 Å². The highest BCUT2D eigenvalue weighted by Gasteiger charge is 2.19. The Bertz CT molecular complexity index is 1650. The summed E-state index contributed by atoms with van der Waals surface area (Å²) in [6.45, 7) is 6.67. The van der Waals surface area contributed by atoms with Gasteiger partial charge in [0, 0.05) is 39.0 Å². The van der Waals surface area contributed by atoms with Gasteiger partial charge in [0.2, 0.25) is 5.95 Å². The van der Waals surface area contributed by atoms with Crippen molar-refractivity contribution in [3.8, 4) is 17.1 Å². The fourth-order valence-electron chi connectivity index (χ4n) is 4.43. The highest BCUT2D eigenvalue weighted by atomic mass is 32.1. The van der Waals surface area contributed by atoms with E-state index in [2.05, 4.69) is 66.7 Å². The van der Waals surface area contributed by atoms with Gasteiger partial charge < -0.3 is 0 Å². The molecule has 0 bridgehead atoms. The summed E-state index contributed by atoms with van der Waals surface area (Å²) in [6.07, 6.45) is 1.62. The molecule has 3 heterocycles. The molecule has 0 saturated heterocycles. The molecule has 162 valence electrons. The van der Waals surface area contributed by atoms with Crippen LogP contribution in [0.4, 0.5) is 4.39 Å². The fraction of sp³-hybridized carbons (Fsp3) is 0.143. The van der Waals surface area contributed by atoms with Crippen LogP contribution < -0.4 is 0 Å². The first-order valence-electron chi connectivity index (χ1n) is 11.0. The molecule has 0 aliphatic rings. The van der Waals surface area contributed by atoms with Gasteiger partial charge in [0.15, 0.2) is 0 Å². The Morgan fingerprint density at radius 3 is 2.45 bits per heavy atom. The van der Waals surface area contributed by atoms with Gasteiger partial charge in [0.1, 0.15) is 5.82 Å². The van der Waals surface area contributed by atoms with Crippen molar-refractivity contribution in [2.45, 2.75) is 26.2 Å². The van der Waals surface area contributed by atoms with Crippen LogP contribution >= 0.6 is 11.3 Å². The van der Waals surface area contributed by atoms with Gasteiger partial charge in [-0.25, -0.2) is 9.97 Å². The molecule has 3 aromatic heterocycles. The second kappa shape index (κ2) is 7.22. The van der Waals surface area contributed by atoms with Crippen molar-refractivity contribution in [3.05, 3.63) is 90.5 Å². The van der Waals surface area contributed by atoms with Gasteiger partial charge in [0.25, 0.3) is 0 Å². The van der Waals surface area contributed by atoms with Crippen LogP contribution in [0.2, 0.25) is 0 Å². The van der Waals surface area contributed by atoms with Crippen LogP contribution in [-0.2, 0) is 5.41 Å². The molecule has 6 aromatic rings. The molecule has 3 aromatic carbocycles. The first-order valence-corrected chi connectivity index (χ1v) is 11.8. The third-order valence-corrected chi connectivity index (χ3v) is 7.33. The second-order valence-electron chi connectivity index (χ2n) is 9.34. The van der Waals surface area contributed by atoms with E-state index in [1.165, 1.54) is 11.6 Å². The maximum Gasteiger partial charge on any atom is 0.213 e. The Hall–Kier alpha value is -3.57. The number of nitrogens with zero attached hydrogens (tertiary/aromatic N) is 3. The van der Waals surface area contributed by atoms with Crippen molar-refractivity contribution >= 4 is 42.5 Å². The van der Waals surface area contributed by atoms with Crippen molar-refractivity contribution in [2.75, 3.05) is 0 Å². The Labute approximate surface area is 195 Å². The van der Waals surface area contributed by atoms with E-state index in [1.54, 1.807) is 17.5 Å². The predicted molar refractivity (Wildman–Crippen MR) is 136 cm³/mol. The van der Waals surface area contributed by atoms with E-state index in [1.807, 2.05) is 30.3 Å². The number of aromatic nitrogens is 3. The molecule has 5 heteroatoms. The van der Waals surface area contributed by atoms with Gasteiger partial charge in [0.05, 0.1) is 15.7 Å². The van der Waals surface area contributed by atoms with Crippen LogP contribution in [0, 0.1) is 5.95 Å². The number of hydrogen-bond donors (Lipinski definition) is 0. The quantitative estimate of drug-likeness (QED) is 0.251. The number of hydrogen-bond acceptors (Lipinski definition) is 3. The number of benzene rings is 3. The van der Waals surface area contributed by atoms with E-state index >= 15 is 0 Å². The predicted octanol–water partition coefficient (Wildman–Crippen LogP) is 7.89. The first kappa shape index (κ1) is 20.1. The number of pyridine rings is 1. The molecule has 3 nitrogen and oxygen atoms in total. The lowest BCUT2D eigenvalue weighted by atomic mass is 9.87. The average Bonchev–Trinajstić information content (AvgIpc) is 3.37. The summed E-state index contributed by atoms with van der Waals surface area (Å²) >= 11 is 1.63. The maximum atomic E-state index is 13.9. The largest absolute Gasteiger partial charge is 0.292 e. The zero-order valence-corrected chi connectivity index (χ0v) is 19.4. The number of rotatable bonds is 2. The lowest BCUT2D eigenvalue weighted by Gasteiger charge is -2.19. The van der Waals surface area contributed by atoms with E-state index in [-0.39, 0.29) is 5.41 Å². The van der Waals surface area contributed by atoms with Crippen LogP contribution in [0.3, 0.4) is 0 Å². The van der Waals surface area contributed by atoms with Crippen molar-refractivity contribution in [1.29, 1.82) is 0 Å². The Balaban J connectivity index is 1.64. The van der Waals surface area contributed by atoms with Crippen molar-refractivity contribution in [1.82, 2.24) is 14.5 Å². The molecule has 0 atom stereocenters. The number of imidazole rings is 1. The topological polar surface area (TPSA) is 30.7 Å². The van der Waals surface area contributed by atoms with Crippen LogP contribution in [-0.4, -0.2) is 14.5 Å². The van der Waals surface area contributed by atoms with E-state index in [9.17, 15) is 4.39 Å².